The topological polar surface area (TPSA) is 388 Å². The Hall–Kier alpha value is -12.1. The second-order valence-corrected chi connectivity index (χ2v) is 47.8. The van der Waals surface area contributed by atoms with Crippen LogP contribution in [0.4, 0.5) is 13.2 Å². The van der Waals surface area contributed by atoms with Crippen LogP contribution in [-0.4, -0.2) is 186 Å². The summed E-state index contributed by atoms with van der Waals surface area (Å²) in [6, 6.07) is 97.3. The van der Waals surface area contributed by atoms with Crippen LogP contribution in [0.3, 0.4) is 0 Å². The van der Waals surface area contributed by atoms with Gasteiger partial charge in [-0.15, -0.1) is 0 Å². The predicted octanol–water partition coefficient (Wildman–Crippen LogP) is 13.0. The zero-order chi connectivity index (χ0) is 102. The van der Waals surface area contributed by atoms with Gasteiger partial charge in [0.1, 0.15) is 34.7 Å². The number of esters is 5. The summed E-state index contributed by atoms with van der Waals surface area (Å²) in [6.07, 6.45) is 5.42. The summed E-state index contributed by atoms with van der Waals surface area (Å²) in [5.41, 5.74) is 13.4. The normalized spacial score (nSPS) is 9.52. The van der Waals surface area contributed by atoms with Crippen LogP contribution < -0.4 is 66.4 Å². The molecule has 0 aliphatic rings. The van der Waals surface area contributed by atoms with Gasteiger partial charge in [-0.05, 0) is 169 Å². The van der Waals surface area contributed by atoms with E-state index in [1.165, 1.54) is 82.6 Å². The molecule has 0 bridgehead atoms. The summed E-state index contributed by atoms with van der Waals surface area (Å²) in [4.78, 5) is 87.2. The van der Waals surface area contributed by atoms with E-state index in [2.05, 4.69) is 97.3 Å². The number of hydrogen-bond donors (Lipinski definition) is 6. The Kier molecular flexibility index (Phi) is 69.5. The van der Waals surface area contributed by atoms with Crippen LogP contribution in [0.2, 0.25) is 14.8 Å². The molecule has 0 saturated carbocycles. The van der Waals surface area contributed by atoms with Gasteiger partial charge in [-0.2, -0.15) is 0 Å². The van der Waals surface area contributed by atoms with Crippen LogP contribution in [0.15, 0.2) is 353 Å². The number of rotatable bonds is 24. The van der Waals surface area contributed by atoms with Crippen molar-refractivity contribution in [2.45, 2.75) is 67.2 Å². The molecule has 1 heterocycles. The maximum Gasteiger partial charge on any atom is 1.00 e. The first kappa shape index (κ1) is 135. The fourth-order valence-electron chi connectivity index (χ4n) is 11.9. The quantitative estimate of drug-likeness (QED) is 0.0186. The van der Waals surface area contributed by atoms with Crippen LogP contribution in [0.1, 0.15) is 46.4 Å². The zero-order valence-electron chi connectivity index (χ0n) is 82.1. The molecule has 1 aromatic heterocycles. The number of carboxylic acid groups (broad SMARTS) is 2. The van der Waals surface area contributed by atoms with Gasteiger partial charge in [0.25, 0.3) is 0 Å². The average molecular weight is 2270 g/mol. The second kappa shape index (κ2) is 74.7. The molecule has 0 atom stereocenters. The number of aromatic nitrogens is 1. The first-order valence-electron chi connectivity index (χ1n) is 42.7. The first-order valence-corrected chi connectivity index (χ1v) is 55.0. The zero-order valence-corrected chi connectivity index (χ0v) is 89.7. The number of pyridine rings is 1. The molecule has 2 radical (unpaired) electrons. The van der Waals surface area contributed by atoms with Gasteiger partial charge < -0.3 is 79.2 Å². The Morgan fingerprint density at radius 2 is 0.586 bits per heavy atom. The minimum atomic E-state index is -1.77. The van der Waals surface area contributed by atoms with Gasteiger partial charge in [0.15, 0.2) is 0 Å². The van der Waals surface area contributed by atoms with Gasteiger partial charge in [-0.25, -0.2) is 13.2 Å². The molecular formula is C109H116B3Br3F3Li2NO23Sn. The fourth-order valence-corrected chi connectivity index (χ4v) is 15.7. The van der Waals surface area contributed by atoms with E-state index in [1.54, 1.807) is 123 Å². The van der Waals surface area contributed by atoms with Gasteiger partial charge in [-0.1, -0.05) is 280 Å². The number of nitrogens with zero attached hydrogens (tertiary/aromatic N) is 1. The third-order valence-corrected chi connectivity index (χ3v) is 26.8. The van der Waals surface area contributed by atoms with E-state index in [1.807, 2.05) is 188 Å². The van der Waals surface area contributed by atoms with Gasteiger partial charge >= 0.3 is 160 Å². The molecule has 0 aliphatic heterocycles. The minimum Gasteiger partial charge on any atom is -0.870 e. The van der Waals surface area contributed by atoms with E-state index in [0.29, 0.717) is 53.6 Å². The number of carboxylic acids is 2. The maximum atomic E-state index is 13.6. The van der Waals surface area contributed by atoms with Crippen molar-refractivity contribution < 1.29 is 164 Å². The molecule has 752 valence electrons. The average Bonchev–Trinajstić information content (AvgIpc) is 0.796. The van der Waals surface area contributed by atoms with E-state index in [4.69, 9.17) is 44.5 Å². The minimum absolute atomic E-state index is 0. The molecule has 0 unspecified atom stereocenters. The van der Waals surface area contributed by atoms with Gasteiger partial charge in [-0.3, -0.25) is 33.6 Å². The smallest absolute Gasteiger partial charge is 0.870 e. The van der Waals surface area contributed by atoms with Crippen LogP contribution in [0.25, 0.3) is 44.5 Å². The molecule has 36 heteroatoms. The molecule has 14 rings (SSSR count). The summed E-state index contributed by atoms with van der Waals surface area (Å²) in [7, 11) is 8.59. The van der Waals surface area contributed by atoms with Crippen LogP contribution >= 0.6 is 47.8 Å². The molecule has 13 aromatic carbocycles. The molecule has 0 amide bonds. The molecular weight excluding hydrogens is 2150 g/mol. The fraction of sp³-hybridized carbons (Fsp3) is 0.174. The standard InChI is InChI=1S/C16H16O3.C15H13FO2.C15H14O3.C14H11FO2.3C9H9BrO2.C7H9BO3.C6H6BFO2.C5H4N.CH4.3CH3.BH.2Li.2H2O.Sn/c1-18-15-5-3-4-14(11-15)13-8-6-12(7-9-13)10-16(17)19-2;1-18-15(17)10-11-6-8-12(9-7-11)13-4-2-3-5-14(13)16;1-18-14-4-2-3-13(10-14)12-7-5-11(6-8-12)9-15(16)17;15-13-4-2-1-3-12(13)11-7-5-10(6-8-11)9-14(16)17;3*1-12-9(11)6-7-2-4-8(10)5-3-7;1-11-7-4-2-3-6(5-7)8(9)10;8-6-4-2-1-3-5(6)7(9)10;1-2-4-6-5-3-1;;;;;;;;;;/h3-9,11H,10H2,1-2H3;2-9H,10H2,1H3;2-8,10H,9H2,1H3,(H,16,17);1-8H,9H2,(H,16,17);3*2-5H,6H2,1H3;2-5,9-10H,1H3;1-4,9-10H;1-2,4-5H;1H4;3*1H3;1H;;;2*1H2;/q;;;;;;;;;;;;;;;2*+1;;;/p-2. The van der Waals surface area contributed by atoms with Crippen molar-refractivity contribution in [3.63, 3.8) is 0 Å². The largest absolute Gasteiger partial charge is 1.00 e. The summed E-state index contributed by atoms with van der Waals surface area (Å²) in [5.74, 6) is -1.70. The third-order valence-electron chi connectivity index (χ3n) is 19.4. The van der Waals surface area contributed by atoms with Crippen LogP contribution in [0.5, 0.6) is 17.2 Å². The van der Waals surface area contributed by atoms with Crippen molar-refractivity contribution in [1.29, 1.82) is 0 Å². The van der Waals surface area contributed by atoms with Gasteiger partial charge in [0, 0.05) is 38.4 Å². The van der Waals surface area contributed by atoms with Crippen molar-refractivity contribution in [3.8, 4) is 61.8 Å². The van der Waals surface area contributed by atoms with Crippen molar-refractivity contribution in [1.82, 2.24) is 4.98 Å². The summed E-state index contributed by atoms with van der Waals surface area (Å²) < 4.78 is 82.2. The molecule has 145 heavy (non-hydrogen) atoms. The monoisotopic (exact) mass is 2270 g/mol. The summed E-state index contributed by atoms with van der Waals surface area (Å²) in [6.45, 7) is 0. The molecule has 0 saturated heterocycles. The Labute approximate surface area is 901 Å². The van der Waals surface area contributed by atoms with E-state index in [-0.39, 0.29) is 131 Å². The van der Waals surface area contributed by atoms with Crippen molar-refractivity contribution in [3.05, 3.63) is 410 Å². The van der Waals surface area contributed by atoms with Crippen LogP contribution in [-0.2, 0) is 102 Å². The number of benzene rings is 13. The van der Waals surface area contributed by atoms with E-state index in [0.717, 1.165) is 91.7 Å². The molecule has 24 nitrogen and oxygen atoms in total. The molecule has 0 fully saturated rings. The number of carbonyl (C=O) groups excluding carboxylic acids is 5. The predicted molar refractivity (Wildman–Crippen MR) is 568 cm³/mol. The molecule has 0 aliphatic carbocycles. The molecule has 8 N–H and O–H groups in total. The summed E-state index contributed by atoms with van der Waals surface area (Å²) in [5, 5.41) is 51.9. The SMILES string of the molecule is C.COC(=O)Cc1ccc(-c2cccc(OC)c2)cc1.COC(=O)Cc1ccc(-c2ccccc2F)cc1.COC(=O)Cc1ccc(Br)cc1.COC(=O)Cc1ccc(Br)cc1.COC(=O)Cc1ccc(Br)cc1.COc1cccc(-c2ccc(CC(=O)O)cc2)c1.COc1cccc(B(O)O)c1.O=C(O)Cc1ccc(-c2ccccc2F)cc1.OB(O)c1ccccc1F.[BH].[CH3][Sn]([CH3])([CH3])[c]1cccnc1.[Li+].[Li+].[OH-].[OH-]. The molecule has 0 spiro atoms. The number of hydrogen-bond acceptors (Lipinski definition) is 22. The number of halogens is 6. The Balaban J connectivity index is 0. The summed E-state index contributed by atoms with van der Waals surface area (Å²) >= 11 is 8.16. The van der Waals surface area contributed by atoms with E-state index < -0.39 is 50.4 Å². The first-order chi connectivity index (χ1) is 66.5. The van der Waals surface area contributed by atoms with Gasteiger partial charge in [0.2, 0.25) is 0 Å². The van der Waals surface area contributed by atoms with Crippen molar-refractivity contribution >= 4 is 145 Å². The van der Waals surface area contributed by atoms with Crippen LogP contribution in [0, 0.1) is 17.5 Å². The number of methoxy groups -OCH3 is 8. The van der Waals surface area contributed by atoms with E-state index in [9.17, 15) is 46.7 Å². The number of carbonyl (C=O) groups is 7. The van der Waals surface area contributed by atoms with E-state index >= 15 is 0 Å². The van der Waals surface area contributed by atoms with Gasteiger partial charge in [0.05, 0.1) is 102 Å². The molecule has 14 aromatic rings. The Bertz CT molecular complexity index is 5960. The maximum absolute atomic E-state index is 13.6. The Morgan fingerprint density at radius 3 is 0.828 bits per heavy atom. The van der Waals surface area contributed by atoms with Crippen molar-refractivity contribution in [2.24, 2.45) is 0 Å². The second-order valence-electron chi connectivity index (χ2n) is 30.5. The number of ether oxygens (including phenoxy) is 8. The third kappa shape index (κ3) is 54.0. The Morgan fingerprint density at radius 1 is 0.317 bits per heavy atom. The van der Waals surface area contributed by atoms with Crippen molar-refractivity contribution in [2.75, 3.05) is 56.9 Å². The number of aliphatic carboxylic acids is 2.